The van der Waals surface area contributed by atoms with Crippen molar-refractivity contribution >= 4 is 11.7 Å². The predicted octanol–water partition coefficient (Wildman–Crippen LogP) is 3.93. The Hall–Kier alpha value is -1.64. The number of piperidine rings is 1. The van der Waals surface area contributed by atoms with E-state index in [1.54, 1.807) is 0 Å². The third-order valence-corrected chi connectivity index (χ3v) is 6.78. The van der Waals surface area contributed by atoms with Gasteiger partial charge in [0, 0.05) is 30.5 Å². The number of amides is 1. The summed E-state index contributed by atoms with van der Waals surface area (Å²) in [4.78, 5) is 27.7. The number of hydrogen-bond acceptors (Lipinski definition) is 2. The smallest absolute Gasteiger partial charge is 0.254 e. The van der Waals surface area contributed by atoms with E-state index < -0.39 is 0 Å². The highest BCUT2D eigenvalue weighted by Gasteiger charge is 2.52. The van der Waals surface area contributed by atoms with Crippen molar-refractivity contribution in [2.75, 3.05) is 6.54 Å². The lowest BCUT2D eigenvalue weighted by atomic mass is 9.56. The molecular weight excluding hydrogens is 298 g/mol. The zero-order chi connectivity index (χ0) is 16.7. The standard InChI is InChI=1S/C21H27NO2/c1-2-16-17-9-6-10-18-20(17)15(13-19(16)23)11-12-22(18)21(24)14-7-4-3-5-8-14/h3-5,7-8,15-18,20H,2,6,9-13H2,1H3/t15-,16+,17+,18+,20+/m0/s1. The molecule has 3 fully saturated rings. The molecule has 0 radical (unpaired) electrons. The molecule has 1 aliphatic heterocycles. The van der Waals surface area contributed by atoms with Gasteiger partial charge in [-0.3, -0.25) is 9.59 Å². The Balaban J connectivity index is 1.63. The Labute approximate surface area is 144 Å². The quantitative estimate of drug-likeness (QED) is 0.826. The molecule has 24 heavy (non-hydrogen) atoms. The molecule has 0 unspecified atom stereocenters. The second kappa shape index (κ2) is 6.34. The van der Waals surface area contributed by atoms with Crippen LogP contribution in [-0.4, -0.2) is 29.2 Å². The fourth-order valence-corrected chi connectivity index (χ4v) is 5.81. The zero-order valence-electron chi connectivity index (χ0n) is 14.5. The molecule has 1 saturated heterocycles. The lowest BCUT2D eigenvalue weighted by Gasteiger charge is -2.55. The molecule has 1 heterocycles. The monoisotopic (exact) mass is 325 g/mol. The molecule has 3 aliphatic rings. The Morgan fingerprint density at radius 2 is 1.96 bits per heavy atom. The van der Waals surface area contributed by atoms with Crippen molar-refractivity contribution in [2.45, 2.75) is 51.5 Å². The van der Waals surface area contributed by atoms with Gasteiger partial charge in [-0.25, -0.2) is 0 Å². The van der Waals surface area contributed by atoms with Crippen LogP contribution in [0.1, 0.15) is 55.8 Å². The van der Waals surface area contributed by atoms with Crippen molar-refractivity contribution in [3.05, 3.63) is 35.9 Å². The van der Waals surface area contributed by atoms with Crippen LogP contribution in [0.25, 0.3) is 0 Å². The van der Waals surface area contributed by atoms with Crippen molar-refractivity contribution in [1.82, 2.24) is 4.90 Å². The minimum Gasteiger partial charge on any atom is -0.335 e. The van der Waals surface area contributed by atoms with Gasteiger partial charge in [-0.05, 0) is 55.6 Å². The van der Waals surface area contributed by atoms with Crippen LogP contribution < -0.4 is 0 Å². The van der Waals surface area contributed by atoms with E-state index in [1.165, 1.54) is 6.42 Å². The van der Waals surface area contributed by atoms with Crippen LogP contribution in [0.4, 0.5) is 0 Å². The molecule has 2 aliphatic carbocycles. The highest BCUT2D eigenvalue weighted by molar-refractivity contribution is 5.94. The molecular formula is C21H27NO2. The number of likely N-dealkylation sites (tertiary alicyclic amines) is 1. The van der Waals surface area contributed by atoms with Gasteiger partial charge in [0.05, 0.1) is 0 Å². The average molecular weight is 325 g/mol. The molecule has 5 atom stereocenters. The number of benzene rings is 1. The molecule has 0 N–H and O–H groups in total. The summed E-state index contributed by atoms with van der Waals surface area (Å²) in [6.45, 7) is 2.97. The number of ketones is 1. The zero-order valence-corrected chi connectivity index (χ0v) is 14.5. The Bertz CT molecular complexity index is 626. The molecule has 0 spiro atoms. The summed E-state index contributed by atoms with van der Waals surface area (Å²) in [7, 11) is 0. The molecule has 3 nitrogen and oxygen atoms in total. The van der Waals surface area contributed by atoms with Crippen LogP contribution in [0.15, 0.2) is 30.3 Å². The van der Waals surface area contributed by atoms with E-state index in [4.69, 9.17) is 0 Å². The summed E-state index contributed by atoms with van der Waals surface area (Å²) in [5.74, 6) is 2.47. The maximum Gasteiger partial charge on any atom is 0.254 e. The van der Waals surface area contributed by atoms with E-state index in [0.717, 1.165) is 44.2 Å². The summed E-state index contributed by atoms with van der Waals surface area (Å²) < 4.78 is 0. The summed E-state index contributed by atoms with van der Waals surface area (Å²) in [6, 6.07) is 10.0. The maximum absolute atomic E-state index is 13.0. The highest BCUT2D eigenvalue weighted by atomic mass is 16.2. The van der Waals surface area contributed by atoms with Gasteiger partial charge in [-0.15, -0.1) is 0 Å². The lowest BCUT2D eigenvalue weighted by molar-refractivity contribution is -0.137. The number of rotatable bonds is 2. The van der Waals surface area contributed by atoms with Gasteiger partial charge in [0.25, 0.3) is 5.91 Å². The molecule has 0 aromatic heterocycles. The van der Waals surface area contributed by atoms with Crippen LogP contribution in [-0.2, 0) is 4.79 Å². The lowest BCUT2D eigenvalue weighted by Crippen LogP contribution is -2.59. The van der Waals surface area contributed by atoms with Crippen molar-refractivity contribution in [1.29, 1.82) is 0 Å². The molecule has 1 aromatic carbocycles. The summed E-state index contributed by atoms with van der Waals surface area (Å²) in [5.41, 5.74) is 0.803. The van der Waals surface area contributed by atoms with E-state index >= 15 is 0 Å². The van der Waals surface area contributed by atoms with Gasteiger partial charge in [0.2, 0.25) is 0 Å². The van der Waals surface area contributed by atoms with Crippen LogP contribution in [0, 0.1) is 23.7 Å². The van der Waals surface area contributed by atoms with E-state index in [2.05, 4.69) is 11.8 Å². The summed E-state index contributed by atoms with van der Waals surface area (Å²) >= 11 is 0. The van der Waals surface area contributed by atoms with Gasteiger partial charge in [0.15, 0.2) is 0 Å². The van der Waals surface area contributed by atoms with Gasteiger partial charge < -0.3 is 4.90 Å². The van der Waals surface area contributed by atoms with Crippen LogP contribution in [0.5, 0.6) is 0 Å². The second-order valence-electron chi connectivity index (χ2n) is 7.84. The van der Waals surface area contributed by atoms with E-state index in [-0.39, 0.29) is 11.8 Å². The maximum atomic E-state index is 13.0. The number of Topliss-reactive ketones (excluding diaryl/α,β-unsaturated/α-hetero) is 1. The third kappa shape index (κ3) is 2.49. The SMILES string of the molecule is CC[C@H]1C(=O)C[C@@H]2CCN(C(=O)c3ccccc3)[C@@H]3CCC[C@H]1[C@@H]23. The first-order chi connectivity index (χ1) is 11.7. The van der Waals surface area contributed by atoms with Crippen molar-refractivity contribution < 1.29 is 9.59 Å². The van der Waals surface area contributed by atoms with Crippen molar-refractivity contribution in [2.24, 2.45) is 23.7 Å². The average Bonchev–Trinajstić information content (AvgIpc) is 2.62. The summed E-state index contributed by atoms with van der Waals surface area (Å²) in [6.07, 6.45) is 6.16. The minimum absolute atomic E-state index is 0.185. The van der Waals surface area contributed by atoms with E-state index in [9.17, 15) is 9.59 Å². The molecule has 1 aromatic rings. The fourth-order valence-electron chi connectivity index (χ4n) is 5.81. The normalized spacial score (nSPS) is 35.5. The van der Waals surface area contributed by atoms with Crippen LogP contribution >= 0.6 is 0 Å². The van der Waals surface area contributed by atoms with Crippen molar-refractivity contribution in [3.8, 4) is 0 Å². The molecule has 4 rings (SSSR count). The highest BCUT2D eigenvalue weighted by Crippen LogP contribution is 2.51. The molecule has 3 heteroatoms. The first-order valence-corrected chi connectivity index (χ1v) is 9.59. The molecule has 0 bridgehead atoms. The Morgan fingerprint density at radius 1 is 1.17 bits per heavy atom. The molecule has 1 amide bonds. The summed E-state index contributed by atoms with van der Waals surface area (Å²) in [5, 5.41) is 0. The van der Waals surface area contributed by atoms with Crippen molar-refractivity contribution in [3.63, 3.8) is 0 Å². The third-order valence-electron chi connectivity index (χ3n) is 6.78. The van der Waals surface area contributed by atoms with E-state index in [1.807, 2.05) is 30.3 Å². The second-order valence-corrected chi connectivity index (χ2v) is 7.84. The topological polar surface area (TPSA) is 37.4 Å². The van der Waals surface area contributed by atoms with E-state index in [0.29, 0.717) is 29.6 Å². The first kappa shape index (κ1) is 15.9. The van der Waals surface area contributed by atoms with Crippen LogP contribution in [0.3, 0.4) is 0 Å². The minimum atomic E-state index is 0.185. The predicted molar refractivity (Wildman–Crippen MR) is 93.6 cm³/mol. The largest absolute Gasteiger partial charge is 0.335 e. The van der Waals surface area contributed by atoms with Gasteiger partial charge >= 0.3 is 0 Å². The van der Waals surface area contributed by atoms with Gasteiger partial charge in [-0.1, -0.05) is 31.5 Å². The Morgan fingerprint density at radius 3 is 2.71 bits per heavy atom. The first-order valence-electron chi connectivity index (χ1n) is 9.59. The van der Waals surface area contributed by atoms with Crippen LogP contribution in [0.2, 0.25) is 0 Å². The number of carbonyl (C=O) groups is 2. The molecule has 2 saturated carbocycles. The molecule has 128 valence electrons. The number of carbonyl (C=O) groups excluding carboxylic acids is 2. The Kier molecular flexibility index (Phi) is 4.19. The fraction of sp³-hybridized carbons (Fsp3) is 0.619. The van der Waals surface area contributed by atoms with Gasteiger partial charge in [0.1, 0.15) is 5.78 Å². The number of nitrogens with zero attached hydrogens (tertiary/aromatic N) is 1. The van der Waals surface area contributed by atoms with Gasteiger partial charge in [-0.2, -0.15) is 0 Å². The number of hydrogen-bond donors (Lipinski definition) is 0.